The number of hydrogen-bond donors (Lipinski definition) is 1. The Kier molecular flexibility index (Phi) is 7.05. The number of hydrogen-bond acceptors (Lipinski definition) is 9. The molecule has 0 saturated heterocycles. The summed E-state index contributed by atoms with van der Waals surface area (Å²) in [6, 6.07) is 7.44. The van der Waals surface area contributed by atoms with Crippen LogP contribution < -0.4 is 10.1 Å². The molecule has 0 aliphatic heterocycles. The van der Waals surface area contributed by atoms with E-state index in [9.17, 15) is 9.59 Å². The number of thiophene rings is 1. The molecule has 0 fully saturated rings. The second-order valence-electron chi connectivity index (χ2n) is 6.89. The van der Waals surface area contributed by atoms with Crippen molar-refractivity contribution in [1.29, 1.82) is 0 Å². The zero-order valence-corrected chi connectivity index (χ0v) is 19.4. The molecule has 168 valence electrons. The van der Waals surface area contributed by atoms with E-state index in [1.807, 2.05) is 31.2 Å². The highest BCUT2D eigenvalue weighted by Gasteiger charge is 2.28. The number of fused-ring (bicyclic) bond motifs is 1. The SMILES string of the molecule is CCOC(=O)c1c(NC(=O)CSc2nnnn2-c2ccccc2OCC)sc2c1CCC2. The van der Waals surface area contributed by atoms with E-state index in [1.165, 1.54) is 23.1 Å². The number of amides is 1. The molecule has 11 heteroatoms. The minimum absolute atomic E-state index is 0.0853. The Morgan fingerprint density at radius 2 is 2.06 bits per heavy atom. The van der Waals surface area contributed by atoms with Gasteiger partial charge in [-0.1, -0.05) is 23.9 Å². The number of tetrazole rings is 1. The average molecular weight is 474 g/mol. The van der Waals surface area contributed by atoms with Gasteiger partial charge in [-0.05, 0) is 61.2 Å². The van der Waals surface area contributed by atoms with Crippen LogP contribution in [0.4, 0.5) is 5.00 Å². The van der Waals surface area contributed by atoms with Crippen molar-refractivity contribution in [2.24, 2.45) is 0 Å². The molecule has 1 aliphatic rings. The van der Waals surface area contributed by atoms with Crippen LogP contribution in [0.3, 0.4) is 0 Å². The second kappa shape index (κ2) is 10.1. The Hall–Kier alpha value is -2.92. The average Bonchev–Trinajstić information content (AvgIpc) is 3.49. The number of aromatic nitrogens is 4. The van der Waals surface area contributed by atoms with Crippen LogP contribution in [0.1, 0.15) is 41.1 Å². The number of thioether (sulfide) groups is 1. The van der Waals surface area contributed by atoms with Crippen molar-refractivity contribution in [3.05, 3.63) is 40.3 Å². The summed E-state index contributed by atoms with van der Waals surface area (Å²) in [5, 5.41) is 15.7. The number of carbonyl (C=O) groups excluding carboxylic acids is 2. The lowest BCUT2D eigenvalue weighted by molar-refractivity contribution is -0.113. The van der Waals surface area contributed by atoms with Gasteiger partial charge >= 0.3 is 5.97 Å². The fraction of sp³-hybridized carbons (Fsp3) is 0.381. The molecule has 0 unspecified atom stereocenters. The van der Waals surface area contributed by atoms with Crippen molar-refractivity contribution >= 4 is 40.0 Å². The van der Waals surface area contributed by atoms with Crippen molar-refractivity contribution in [2.45, 2.75) is 38.3 Å². The number of ether oxygens (including phenoxy) is 2. The molecule has 2 aromatic heterocycles. The van der Waals surface area contributed by atoms with Crippen molar-refractivity contribution in [3.8, 4) is 11.4 Å². The summed E-state index contributed by atoms with van der Waals surface area (Å²) in [7, 11) is 0. The molecule has 0 spiro atoms. The third kappa shape index (κ3) is 4.63. The Bertz CT molecular complexity index is 1130. The molecule has 1 aromatic carbocycles. The number of carbonyl (C=O) groups is 2. The van der Waals surface area contributed by atoms with Crippen molar-refractivity contribution in [1.82, 2.24) is 20.2 Å². The first-order valence-corrected chi connectivity index (χ1v) is 12.2. The van der Waals surface area contributed by atoms with Gasteiger partial charge in [0.2, 0.25) is 11.1 Å². The Morgan fingerprint density at radius 1 is 1.22 bits per heavy atom. The fourth-order valence-electron chi connectivity index (χ4n) is 3.53. The molecule has 3 aromatic rings. The lowest BCUT2D eigenvalue weighted by Crippen LogP contribution is -2.17. The maximum absolute atomic E-state index is 12.7. The first-order chi connectivity index (χ1) is 15.6. The van der Waals surface area contributed by atoms with E-state index in [-0.39, 0.29) is 17.6 Å². The van der Waals surface area contributed by atoms with E-state index >= 15 is 0 Å². The summed E-state index contributed by atoms with van der Waals surface area (Å²) >= 11 is 2.66. The van der Waals surface area contributed by atoms with Gasteiger partial charge in [-0.15, -0.1) is 16.4 Å². The molecule has 4 rings (SSSR count). The van der Waals surface area contributed by atoms with E-state index in [4.69, 9.17) is 9.47 Å². The lowest BCUT2D eigenvalue weighted by Gasteiger charge is -2.10. The molecule has 1 aliphatic carbocycles. The maximum Gasteiger partial charge on any atom is 0.341 e. The van der Waals surface area contributed by atoms with Crippen LogP contribution in [0.15, 0.2) is 29.4 Å². The van der Waals surface area contributed by atoms with Crippen molar-refractivity contribution < 1.29 is 19.1 Å². The summed E-state index contributed by atoms with van der Waals surface area (Å²) in [5.74, 6) is 0.113. The molecule has 32 heavy (non-hydrogen) atoms. The summed E-state index contributed by atoms with van der Waals surface area (Å²) in [6.45, 7) is 4.48. The highest BCUT2D eigenvalue weighted by atomic mass is 32.2. The minimum Gasteiger partial charge on any atom is -0.492 e. The van der Waals surface area contributed by atoms with E-state index < -0.39 is 0 Å². The first-order valence-electron chi connectivity index (χ1n) is 10.4. The highest BCUT2D eigenvalue weighted by molar-refractivity contribution is 7.99. The molecule has 0 saturated carbocycles. The number of aryl methyl sites for hydroxylation is 1. The number of esters is 1. The minimum atomic E-state index is -0.383. The first kappa shape index (κ1) is 22.3. The van der Waals surface area contributed by atoms with Gasteiger partial charge in [0.05, 0.1) is 24.5 Å². The monoisotopic (exact) mass is 473 g/mol. The third-order valence-corrected chi connectivity index (χ3v) is 6.95. The zero-order valence-electron chi connectivity index (χ0n) is 17.8. The van der Waals surface area contributed by atoms with Gasteiger partial charge in [0, 0.05) is 4.88 Å². The molecular formula is C21H23N5O4S2. The molecule has 0 radical (unpaired) electrons. The fourth-order valence-corrected chi connectivity index (χ4v) is 5.51. The second-order valence-corrected chi connectivity index (χ2v) is 8.94. The van der Waals surface area contributed by atoms with Gasteiger partial charge in [0.1, 0.15) is 16.4 Å². The normalized spacial score (nSPS) is 12.4. The van der Waals surface area contributed by atoms with Gasteiger partial charge in [0.15, 0.2) is 0 Å². The van der Waals surface area contributed by atoms with Gasteiger partial charge in [0.25, 0.3) is 0 Å². The molecular weight excluding hydrogens is 450 g/mol. The summed E-state index contributed by atoms with van der Waals surface area (Å²) in [6.07, 6.45) is 2.77. The van der Waals surface area contributed by atoms with E-state index in [0.29, 0.717) is 40.4 Å². The van der Waals surface area contributed by atoms with Gasteiger partial charge in [-0.3, -0.25) is 4.79 Å². The smallest absolute Gasteiger partial charge is 0.341 e. The van der Waals surface area contributed by atoms with E-state index in [1.54, 1.807) is 11.6 Å². The molecule has 9 nitrogen and oxygen atoms in total. The predicted molar refractivity (Wildman–Crippen MR) is 122 cm³/mol. The Morgan fingerprint density at radius 3 is 2.88 bits per heavy atom. The Balaban J connectivity index is 1.47. The summed E-state index contributed by atoms with van der Waals surface area (Å²) < 4.78 is 12.4. The number of benzene rings is 1. The van der Waals surface area contributed by atoms with E-state index in [2.05, 4.69) is 20.8 Å². The standard InChI is InChI=1S/C21H23N5O4S2/c1-3-29-15-10-6-5-9-14(15)26-21(23-24-25-26)31-12-17(27)22-19-18(20(28)30-4-2)13-8-7-11-16(13)32-19/h5-6,9-10H,3-4,7-8,11-12H2,1-2H3,(H,22,27). The van der Waals surface area contributed by atoms with Gasteiger partial charge in [-0.25, -0.2) is 4.79 Å². The quantitative estimate of drug-likeness (QED) is 0.371. The number of nitrogens with zero attached hydrogens (tertiary/aromatic N) is 4. The summed E-state index contributed by atoms with van der Waals surface area (Å²) in [5.41, 5.74) is 2.20. The topological polar surface area (TPSA) is 108 Å². The van der Waals surface area contributed by atoms with Crippen molar-refractivity contribution in [2.75, 3.05) is 24.3 Å². The highest BCUT2D eigenvalue weighted by Crippen LogP contribution is 2.39. The van der Waals surface area contributed by atoms with Crippen LogP contribution in [0, 0.1) is 0 Å². The molecule has 1 N–H and O–H groups in total. The number of para-hydroxylation sites is 2. The molecule has 0 atom stereocenters. The lowest BCUT2D eigenvalue weighted by atomic mass is 10.1. The van der Waals surface area contributed by atoms with Gasteiger partial charge < -0.3 is 14.8 Å². The molecule has 0 bridgehead atoms. The van der Waals surface area contributed by atoms with Crippen LogP contribution in [-0.2, 0) is 22.4 Å². The van der Waals surface area contributed by atoms with Crippen LogP contribution >= 0.6 is 23.1 Å². The number of nitrogens with one attached hydrogen (secondary N) is 1. The molecule has 1 amide bonds. The zero-order chi connectivity index (χ0) is 22.5. The van der Waals surface area contributed by atoms with Crippen LogP contribution in [0.2, 0.25) is 0 Å². The summed E-state index contributed by atoms with van der Waals surface area (Å²) in [4.78, 5) is 26.3. The van der Waals surface area contributed by atoms with E-state index in [0.717, 1.165) is 29.7 Å². The largest absolute Gasteiger partial charge is 0.492 e. The maximum atomic E-state index is 12.7. The van der Waals surface area contributed by atoms with Crippen LogP contribution in [0.25, 0.3) is 5.69 Å². The molecule has 2 heterocycles. The number of anilines is 1. The van der Waals surface area contributed by atoms with Gasteiger partial charge in [-0.2, -0.15) is 4.68 Å². The number of rotatable bonds is 9. The van der Waals surface area contributed by atoms with Crippen LogP contribution in [0.5, 0.6) is 5.75 Å². The predicted octanol–water partition coefficient (Wildman–Crippen LogP) is 3.52. The van der Waals surface area contributed by atoms with Crippen molar-refractivity contribution in [3.63, 3.8) is 0 Å². The Labute approximate surface area is 193 Å². The third-order valence-electron chi connectivity index (χ3n) is 4.82. The van der Waals surface area contributed by atoms with Crippen LogP contribution in [-0.4, -0.2) is 51.1 Å².